The van der Waals surface area contributed by atoms with Gasteiger partial charge >= 0.3 is 0 Å². The number of carbonyl (C=O) groups is 1. The Kier molecular flexibility index (Phi) is 2.46. The summed E-state index contributed by atoms with van der Waals surface area (Å²) >= 11 is 0. The highest BCUT2D eigenvalue weighted by Crippen LogP contribution is 2.16. The standard InChI is InChI=1S/C7H13NO3/c1-8-5(4-11-2)6(9)3-7(8)10/h5-6,9H,3-4H2,1-2H3. The second kappa shape index (κ2) is 3.19. The Bertz CT molecular complexity index is 160. The maximum atomic E-state index is 11.0. The Balaban J connectivity index is 2.56. The minimum absolute atomic E-state index is 0.0143. The number of rotatable bonds is 2. The number of methoxy groups -OCH3 is 1. The molecule has 0 spiro atoms. The number of hydrogen-bond donors (Lipinski definition) is 1. The molecular formula is C7H13NO3. The minimum atomic E-state index is -0.563. The van der Waals surface area contributed by atoms with E-state index in [2.05, 4.69) is 0 Å². The fraction of sp³-hybridized carbons (Fsp3) is 0.857. The first-order chi connectivity index (χ1) is 5.16. The van der Waals surface area contributed by atoms with Gasteiger partial charge in [-0.05, 0) is 0 Å². The summed E-state index contributed by atoms with van der Waals surface area (Å²) in [6.07, 6.45) is -0.336. The van der Waals surface area contributed by atoms with Crippen molar-refractivity contribution < 1.29 is 14.6 Å². The third-order valence-electron chi connectivity index (χ3n) is 2.06. The SMILES string of the molecule is COCC1C(O)CC(=O)N1C. The van der Waals surface area contributed by atoms with Crippen LogP contribution in [0.2, 0.25) is 0 Å². The Morgan fingerprint density at radius 1 is 1.82 bits per heavy atom. The highest BCUT2D eigenvalue weighted by molar-refractivity contribution is 5.79. The predicted octanol–water partition coefficient (Wildman–Crippen LogP) is -0.776. The van der Waals surface area contributed by atoms with E-state index in [1.165, 1.54) is 4.90 Å². The van der Waals surface area contributed by atoms with Crippen molar-refractivity contribution in [1.82, 2.24) is 4.90 Å². The first-order valence-electron chi connectivity index (χ1n) is 3.59. The molecule has 1 heterocycles. The molecule has 2 atom stereocenters. The van der Waals surface area contributed by atoms with Crippen LogP contribution in [0, 0.1) is 0 Å². The number of aliphatic hydroxyl groups excluding tert-OH is 1. The molecule has 1 aliphatic heterocycles. The average molecular weight is 159 g/mol. The van der Waals surface area contributed by atoms with Gasteiger partial charge in [0, 0.05) is 14.2 Å². The van der Waals surface area contributed by atoms with Gasteiger partial charge in [0.2, 0.25) is 5.91 Å². The highest BCUT2D eigenvalue weighted by atomic mass is 16.5. The van der Waals surface area contributed by atoms with Crippen LogP contribution in [0.25, 0.3) is 0 Å². The lowest BCUT2D eigenvalue weighted by Gasteiger charge is -2.20. The van der Waals surface area contributed by atoms with Crippen molar-refractivity contribution in [3.63, 3.8) is 0 Å². The first kappa shape index (κ1) is 8.49. The van der Waals surface area contributed by atoms with E-state index in [4.69, 9.17) is 4.74 Å². The number of likely N-dealkylation sites (tertiary alicyclic amines) is 1. The molecule has 1 fully saturated rings. The molecule has 1 amide bonds. The smallest absolute Gasteiger partial charge is 0.225 e. The molecule has 64 valence electrons. The molecule has 0 saturated carbocycles. The Hall–Kier alpha value is -0.610. The van der Waals surface area contributed by atoms with Crippen LogP contribution in [-0.4, -0.2) is 48.8 Å². The van der Waals surface area contributed by atoms with E-state index in [1.807, 2.05) is 0 Å². The van der Waals surface area contributed by atoms with Gasteiger partial charge < -0.3 is 14.7 Å². The number of carbonyl (C=O) groups excluding carboxylic acids is 1. The number of ether oxygens (including phenoxy) is 1. The minimum Gasteiger partial charge on any atom is -0.390 e. The molecule has 0 aromatic heterocycles. The third-order valence-corrected chi connectivity index (χ3v) is 2.06. The van der Waals surface area contributed by atoms with Gasteiger partial charge in [-0.3, -0.25) is 4.79 Å². The monoisotopic (exact) mass is 159 g/mol. The maximum absolute atomic E-state index is 11.0. The lowest BCUT2D eigenvalue weighted by molar-refractivity contribution is -0.128. The molecule has 4 heteroatoms. The van der Waals surface area contributed by atoms with Crippen molar-refractivity contribution in [2.75, 3.05) is 20.8 Å². The van der Waals surface area contributed by atoms with Gasteiger partial charge in [-0.15, -0.1) is 0 Å². The third kappa shape index (κ3) is 1.52. The van der Waals surface area contributed by atoms with Gasteiger partial charge in [-0.25, -0.2) is 0 Å². The van der Waals surface area contributed by atoms with Gasteiger partial charge in [0.05, 0.1) is 25.2 Å². The molecular weight excluding hydrogens is 146 g/mol. The summed E-state index contributed by atoms with van der Waals surface area (Å²) in [5.74, 6) is -0.0143. The van der Waals surface area contributed by atoms with Crippen molar-refractivity contribution in [1.29, 1.82) is 0 Å². The molecule has 4 nitrogen and oxygen atoms in total. The van der Waals surface area contributed by atoms with Crippen LogP contribution in [0.3, 0.4) is 0 Å². The summed E-state index contributed by atoms with van der Waals surface area (Å²) in [6.45, 7) is 0.406. The van der Waals surface area contributed by atoms with Gasteiger partial charge in [-0.2, -0.15) is 0 Å². The van der Waals surface area contributed by atoms with Crippen molar-refractivity contribution in [3.05, 3.63) is 0 Å². The molecule has 1 saturated heterocycles. The lowest BCUT2D eigenvalue weighted by atomic mass is 10.2. The zero-order valence-electron chi connectivity index (χ0n) is 6.78. The van der Waals surface area contributed by atoms with Crippen molar-refractivity contribution >= 4 is 5.91 Å². The second-order valence-electron chi connectivity index (χ2n) is 2.80. The molecule has 1 N–H and O–H groups in total. The Labute approximate surface area is 65.8 Å². The summed E-state index contributed by atoms with van der Waals surface area (Å²) in [7, 11) is 3.24. The maximum Gasteiger partial charge on any atom is 0.225 e. The molecule has 2 unspecified atom stereocenters. The number of aliphatic hydroxyl groups is 1. The lowest BCUT2D eigenvalue weighted by Crippen LogP contribution is -2.37. The fourth-order valence-electron chi connectivity index (χ4n) is 1.30. The van der Waals surface area contributed by atoms with Gasteiger partial charge in [0.15, 0.2) is 0 Å². The first-order valence-corrected chi connectivity index (χ1v) is 3.59. The van der Waals surface area contributed by atoms with Crippen LogP contribution in [0.1, 0.15) is 6.42 Å². The van der Waals surface area contributed by atoms with Gasteiger partial charge in [0.25, 0.3) is 0 Å². The van der Waals surface area contributed by atoms with Crippen LogP contribution in [-0.2, 0) is 9.53 Å². The van der Waals surface area contributed by atoms with E-state index in [1.54, 1.807) is 14.2 Å². The van der Waals surface area contributed by atoms with Gasteiger partial charge in [0.1, 0.15) is 0 Å². The van der Waals surface area contributed by atoms with E-state index in [0.717, 1.165) is 0 Å². The topological polar surface area (TPSA) is 49.8 Å². The van der Waals surface area contributed by atoms with Crippen LogP contribution < -0.4 is 0 Å². The van der Waals surface area contributed by atoms with Crippen LogP contribution in [0.15, 0.2) is 0 Å². The van der Waals surface area contributed by atoms with Crippen LogP contribution in [0.5, 0.6) is 0 Å². The summed E-state index contributed by atoms with van der Waals surface area (Å²) in [6, 6.07) is -0.160. The number of nitrogens with zero attached hydrogens (tertiary/aromatic N) is 1. The van der Waals surface area contributed by atoms with Crippen molar-refractivity contribution in [2.45, 2.75) is 18.6 Å². The molecule has 1 rings (SSSR count). The predicted molar refractivity (Wildman–Crippen MR) is 39.1 cm³/mol. The summed E-state index contributed by atoms with van der Waals surface area (Å²) < 4.78 is 4.86. The Morgan fingerprint density at radius 2 is 2.45 bits per heavy atom. The van der Waals surface area contributed by atoms with Gasteiger partial charge in [-0.1, -0.05) is 0 Å². The number of likely N-dealkylation sites (N-methyl/N-ethyl adjacent to an activating group) is 1. The molecule has 0 bridgehead atoms. The Morgan fingerprint density at radius 3 is 2.82 bits per heavy atom. The normalized spacial score (nSPS) is 31.5. The summed E-state index contributed by atoms with van der Waals surface area (Å²) in [4.78, 5) is 12.5. The summed E-state index contributed by atoms with van der Waals surface area (Å²) in [5.41, 5.74) is 0. The molecule has 0 aliphatic carbocycles. The zero-order chi connectivity index (χ0) is 8.43. The number of amides is 1. The number of hydrogen-bond acceptors (Lipinski definition) is 3. The fourth-order valence-corrected chi connectivity index (χ4v) is 1.30. The molecule has 11 heavy (non-hydrogen) atoms. The second-order valence-corrected chi connectivity index (χ2v) is 2.80. The van der Waals surface area contributed by atoms with Crippen LogP contribution in [0.4, 0.5) is 0 Å². The largest absolute Gasteiger partial charge is 0.390 e. The molecule has 0 radical (unpaired) electrons. The van der Waals surface area contributed by atoms with E-state index in [9.17, 15) is 9.90 Å². The molecule has 1 aliphatic rings. The molecule has 0 aromatic rings. The quantitative estimate of drug-likeness (QED) is 0.575. The van der Waals surface area contributed by atoms with E-state index in [0.29, 0.717) is 6.61 Å². The van der Waals surface area contributed by atoms with E-state index < -0.39 is 6.10 Å². The van der Waals surface area contributed by atoms with Crippen molar-refractivity contribution in [3.8, 4) is 0 Å². The van der Waals surface area contributed by atoms with E-state index >= 15 is 0 Å². The zero-order valence-corrected chi connectivity index (χ0v) is 6.78. The highest BCUT2D eigenvalue weighted by Gasteiger charge is 2.35. The summed E-state index contributed by atoms with van der Waals surface area (Å²) in [5, 5.41) is 9.32. The van der Waals surface area contributed by atoms with Crippen molar-refractivity contribution in [2.24, 2.45) is 0 Å². The average Bonchev–Trinajstić information content (AvgIpc) is 2.17. The molecule has 0 aromatic carbocycles. The van der Waals surface area contributed by atoms with Crippen LogP contribution >= 0.6 is 0 Å². The van der Waals surface area contributed by atoms with E-state index in [-0.39, 0.29) is 18.4 Å².